The van der Waals surface area contributed by atoms with Crippen molar-refractivity contribution in [3.05, 3.63) is 77.9 Å². The number of carboxylic acid groups (broad SMARTS) is 1. The molecule has 4 rings (SSSR count). The molecule has 1 aliphatic carbocycles. The molecule has 8 heteroatoms. The highest BCUT2D eigenvalue weighted by atomic mass is 16.4. The highest BCUT2D eigenvalue weighted by Crippen LogP contribution is 2.40. The lowest BCUT2D eigenvalue weighted by atomic mass is 9.54. The van der Waals surface area contributed by atoms with E-state index in [2.05, 4.69) is 15.5 Å². The van der Waals surface area contributed by atoms with E-state index in [-0.39, 0.29) is 17.5 Å². The smallest absolute Gasteiger partial charge is 0.336 e. The van der Waals surface area contributed by atoms with E-state index in [1.165, 1.54) is 6.42 Å². The summed E-state index contributed by atoms with van der Waals surface area (Å²) in [5.41, 5.74) is 4.35. The average Bonchev–Trinajstić information content (AvgIpc) is 2.91. The lowest BCUT2D eigenvalue weighted by molar-refractivity contribution is 0.0697. The van der Waals surface area contributed by atoms with Crippen molar-refractivity contribution in [2.45, 2.75) is 64.3 Å². The van der Waals surface area contributed by atoms with Crippen molar-refractivity contribution < 1.29 is 14.7 Å². The minimum atomic E-state index is -1.17. The molecule has 1 aliphatic rings. The fraction of sp³-hybridized carbons (Fsp3) is 0.355. The normalized spacial score (nSPS) is 14.2. The van der Waals surface area contributed by atoms with Crippen LogP contribution in [-0.2, 0) is 0 Å². The van der Waals surface area contributed by atoms with Gasteiger partial charge in [0.15, 0.2) is 0 Å². The van der Waals surface area contributed by atoms with Gasteiger partial charge in [0.2, 0.25) is 0 Å². The largest absolute Gasteiger partial charge is 0.478 e. The molecule has 0 spiro atoms. The van der Waals surface area contributed by atoms with Gasteiger partial charge >= 0.3 is 12.0 Å². The van der Waals surface area contributed by atoms with Gasteiger partial charge in [-0.3, -0.25) is 0 Å². The number of hydrogen-bond acceptors (Lipinski definition) is 3. The summed E-state index contributed by atoms with van der Waals surface area (Å²) in [4.78, 5) is 27.2. The molecule has 1 saturated carbocycles. The topological polar surface area (TPSA) is 81.7 Å². The second-order valence-electron chi connectivity index (χ2n) is 10.7. The van der Waals surface area contributed by atoms with Crippen LogP contribution >= 0.6 is 0 Å². The summed E-state index contributed by atoms with van der Waals surface area (Å²) >= 11 is 0. The number of nitrogens with zero attached hydrogens (tertiary/aromatic N) is 1. The zero-order chi connectivity index (χ0) is 28.2. The highest BCUT2D eigenvalue weighted by molar-refractivity contribution is 6.42. The molecular formula is C31H35B2N3O3. The number of carbonyl (C=O) groups excluding carboxylic acids is 1. The summed E-state index contributed by atoms with van der Waals surface area (Å²) < 4.78 is 0. The molecule has 0 aromatic heterocycles. The molecule has 3 N–H and O–H groups in total. The number of hydrogen-bond donors (Lipinski definition) is 3. The molecule has 2 amide bonds. The molecular weight excluding hydrogens is 484 g/mol. The van der Waals surface area contributed by atoms with E-state index in [0.717, 1.165) is 31.2 Å². The molecule has 0 saturated heterocycles. The number of urea groups is 1. The van der Waals surface area contributed by atoms with Gasteiger partial charge in [0.05, 0.1) is 32.6 Å². The number of rotatable bonds is 8. The SMILES string of the molecule is [B]C([B])(C(C)C)N(c1ccc(-c2ccccc2C(=O)O)cc1NC(=O)Nc1ccc(C)cc1)C1CCCCC1. The van der Waals surface area contributed by atoms with Gasteiger partial charge in [-0.15, -0.1) is 0 Å². The zero-order valence-corrected chi connectivity index (χ0v) is 22.9. The molecule has 39 heavy (non-hydrogen) atoms. The average molecular weight is 519 g/mol. The maximum atomic E-state index is 13.2. The summed E-state index contributed by atoms with van der Waals surface area (Å²) in [6, 6.07) is 19.6. The van der Waals surface area contributed by atoms with Crippen LogP contribution in [-0.4, -0.2) is 44.2 Å². The van der Waals surface area contributed by atoms with Crippen LogP contribution in [0, 0.1) is 12.8 Å². The van der Waals surface area contributed by atoms with E-state index in [0.29, 0.717) is 28.2 Å². The fourth-order valence-electron chi connectivity index (χ4n) is 5.20. The predicted octanol–water partition coefficient (Wildman–Crippen LogP) is 6.79. The van der Waals surface area contributed by atoms with Gasteiger partial charge in [0, 0.05) is 11.7 Å². The minimum Gasteiger partial charge on any atom is -0.478 e. The van der Waals surface area contributed by atoms with Gasteiger partial charge < -0.3 is 20.6 Å². The summed E-state index contributed by atoms with van der Waals surface area (Å²) in [7, 11) is 13.6. The third kappa shape index (κ3) is 6.49. The van der Waals surface area contributed by atoms with Crippen molar-refractivity contribution in [3.8, 4) is 11.1 Å². The second kappa shape index (κ2) is 12.0. The summed E-state index contributed by atoms with van der Waals surface area (Å²) in [5.74, 6) is -1.10. The summed E-state index contributed by atoms with van der Waals surface area (Å²) in [6.07, 6.45) is 5.22. The number of aromatic carboxylic acids is 1. The first-order valence-corrected chi connectivity index (χ1v) is 13.6. The highest BCUT2D eigenvalue weighted by Gasteiger charge is 2.36. The Morgan fingerprint density at radius 1 is 0.949 bits per heavy atom. The van der Waals surface area contributed by atoms with E-state index in [1.807, 2.05) is 57.2 Å². The van der Waals surface area contributed by atoms with Gasteiger partial charge in [0.1, 0.15) is 0 Å². The number of carboxylic acids is 1. The van der Waals surface area contributed by atoms with E-state index in [9.17, 15) is 14.7 Å². The first-order chi connectivity index (χ1) is 18.6. The van der Waals surface area contributed by atoms with Crippen LogP contribution < -0.4 is 15.5 Å². The molecule has 0 aliphatic heterocycles. The Morgan fingerprint density at radius 2 is 1.62 bits per heavy atom. The lowest BCUT2D eigenvalue weighted by Crippen LogP contribution is -2.59. The first-order valence-electron chi connectivity index (χ1n) is 13.6. The van der Waals surface area contributed by atoms with E-state index in [4.69, 9.17) is 15.7 Å². The third-order valence-corrected chi connectivity index (χ3v) is 7.56. The Bertz CT molecular complexity index is 1320. The number of carbonyl (C=O) groups is 2. The van der Waals surface area contributed by atoms with Crippen molar-refractivity contribution in [2.75, 3.05) is 15.5 Å². The van der Waals surface area contributed by atoms with Crippen LogP contribution in [0.15, 0.2) is 66.7 Å². The Balaban J connectivity index is 1.81. The van der Waals surface area contributed by atoms with E-state index >= 15 is 0 Å². The van der Waals surface area contributed by atoms with Crippen molar-refractivity contribution in [3.63, 3.8) is 0 Å². The van der Waals surface area contributed by atoms with Crippen LogP contribution in [0.5, 0.6) is 0 Å². The maximum absolute atomic E-state index is 13.2. The van der Waals surface area contributed by atoms with Gasteiger partial charge in [-0.25, -0.2) is 9.59 Å². The molecule has 0 heterocycles. The molecule has 3 aromatic rings. The van der Waals surface area contributed by atoms with Gasteiger partial charge in [0.25, 0.3) is 0 Å². The van der Waals surface area contributed by atoms with Gasteiger partial charge in [-0.1, -0.05) is 75.1 Å². The van der Waals surface area contributed by atoms with Crippen molar-refractivity contribution in [2.24, 2.45) is 5.92 Å². The first kappa shape index (κ1) is 28.3. The van der Waals surface area contributed by atoms with Crippen molar-refractivity contribution >= 4 is 44.8 Å². The summed E-state index contributed by atoms with van der Waals surface area (Å²) in [6.45, 7) is 5.96. The molecule has 1 fully saturated rings. The van der Waals surface area contributed by atoms with Crippen LogP contribution in [0.4, 0.5) is 21.9 Å². The minimum absolute atomic E-state index is 0.0823. The van der Waals surface area contributed by atoms with Crippen LogP contribution in [0.2, 0.25) is 0 Å². The molecule has 4 radical (unpaired) electrons. The number of benzene rings is 3. The van der Waals surface area contributed by atoms with Crippen LogP contribution in [0.3, 0.4) is 0 Å². The van der Waals surface area contributed by atoms with Gasteiger partial charge in [-0.05, 0) is 72.5 Å². The summed E-state index contributed by atoms with van der Waals surface area (Å²) in [5, 5.41) is 14.5. The second-order valence-corrected chi connectivity index (χ2v) is 10.7. The fourth-order valence-corrected chi connectivity index (χ4v) is 5.20. The monoisotopic (exact) mass is 519 g/mol. The maximum Gasteiger partial charge on any atom is 0.336 e. The Kier molecular flexibility index (Phi) is 8.73. The molecule has 0 bridgehead atoms. The van der Waals surface area contributed by atoms with Crippen LogP contribution in [0.1, 0.15) is 61.9 Å². The molecule has 0 unspecified atom stereocenters. The Morgan fingerprint density at radius 3 is 2.26 bits per heavy atom. The number of amides is 2. The Hall–Kier alpha value is -3.67. The van der Waals surface area contributed by atoms with Crippen molar-refractivity contribution in [1.29, 1.82) is 0 Å². The predicted molar refractivity (Wildman–Crippen MR) is 161 cm³/mol. The standard InChI is InChI=1S/C31H35B2N3O3/c1-20(2)31(32,33)36(24-9-5-4-6-10-24)28-18-15-22(25-11-7-8-12-26(25)29(37)38)19-27(28)35-30(39)34-23-16-13-21(3)14-17-23/h7-8,11-20,24H,4-6,9-10H2,1-3H3,(H,37,38)(H2,34,35,39). The molecule has 0 atom stereocenters. The van der Waals surface area contributed by atoms with Gasteiger partial charge in [-0.2, -0.15) is 0 Å². The van der Waals surface area contributed by atoms with E-state index < -0.39 is 17.3 Å². The third-order valence-electron chi connectivity index (χ3n) is 7.56. The van der Waals surface area contributed by atoms with Crippen molar-refractivity contribution in [1.82, 2.24) is 0 Å². The Labute approximate surface area is 234 Å². The van der Waals surface area contributed by atoms with Crippen LogP contribution in [0.25, 0.3) is 11.1 Å². The quantitative estimate of drug-likeness (QED) is 0.287. The lowest BCUT2D eigenvalue weighted by Gasteiger charge is -2.51. The number of anilines is 3. The molecule has 198 valence electrons. The zero-order valence-electron chi connectivity index (χ0n) is 22.9. The van der Waals surface area contributed by atoms with E-state index in [1.54, 1.807) is 30.3 Å². The molecule has 6 nitrogen and oxygen atoms in total. The molecule has 3 aromatic carbocycles. The number of nitrogens with one attached hydrogen (secondary N) is 2. The number of aryl methyl sites for hydroxylation is 1.